The molecule has 1 heterocycles. The number of furan rings is 1. The van der Waals surface area contributed by atoms with Crippen LogP contribution in [-0.4, -0.2) is 0 Å². The maximum absolute atomic E-state index is 9.86. The molecule has 10 aromatic rings. The van der Waals surface area contributed by atoms with E-state index in [-0.39, 0.29) is 40.0 Å². The van der Waals surface area contributed by atoms with Gasteiger partial charge in [0, 0.05) is 16.2 Å². The third kappa shape index (κ3) is 4.33. The van der Waals surface area contributed by atoms with Crippen LogP contribution in [0.25, 0.3) is 98.8 Å². The Morgan fingerprint density at radius 2 is 0.939 bits per heavy atom. The van der Waals surface area contributed by atoms with Crippen LogP contribution < -0.4 is 0 Å². The number of hydrogen-bond donors (Lipinski definition) is 0. The highest BCUT2D eigenvalue weighted by Crippen LogP contribution is 2.48. The summed E-state index contributed by atoms with van der Waals surface area (Å²) in [7, 11) is 0. The highest BCUT2D eigenvalue weighted by Gasteiger charge is 2.22. The molecule has 0 aliphatic rings. The van der Waals surface area contributed by atoms with Gasteiger partial charge in [0.25, 0.3) is 0 Å². The Morgan fingerprint density at radius 1 is 0.367 bits per heavy atom. The molecule has 0 spiro atoms. The molecular formula is C48H30O. The Kier molecular flexibility index (Phi) is 3.87. The van der Waals surface area contributed by atoms with Gasteiger partial charge in [-0.25, -0.2) is 0 Å². The van der Waals surface area contributed by atoms with Gasteiger partial charge in [-0.05, 0) is 83.5 Å². The molecule has 0 aliphatic carbocycles. The van der Waals surface area contributed by atoms with Gasteiger partial charge in [0.05, 0.1) is 19.2 Å². The lowest BCUT2D eigenvalue weighted by Crippen LogP contribution is -1.91. The van der Waals surface area contributed by atoms with Gasteiger partial charge in [-0.15, -0.1) is 0 Å². The lowest BCUT2D eigenvalue weighted by atomic mass is 9.84. The van der Waals surface area contributed by atoms with Crippen LogP contribution in [0.3, 0.4) is 0 Å². The quantitative estimate of drug-likeness (QED) is 0.175. The molecule has 0 unspecified atom stereocenters. The Morgan fingerprint density at radius 3 is 1.63 bits per heavy atom. The number of hydrogen-bond acceptors (Lipinski definition) is 1. The van der Waals surface area contributed by atoms with Crippen molar-refractivity contribution in [2.75, 3.05) is 0 Å². The second kappa shape index (κ2) is 11.1. The molecule has 0 radical (unpaired) electrons. The van der Waals surface area contributed by atoms with Crippen LogP contribution in [0.1, 0.15) is 19.2 Å². The van der Waals surface area contributed by atoms with E-state index in [2.05, 4.69) is 0 Å². The van der Waals surface area contributed by atoms with Crippen LogP contribution in [0.15, 0.2) is 186 Å². The molecule has 0 amide bonds. The molecule has 1 heteroatoms. The average Bonchev–Trinajstić information content (AvgIpc) is 3.70. The fraction of sp³-hybridized carbons (Fsp3) is 0. The summed E-state index contributed by atoms with van der Waals surface area (Å²) in [5.41, 5.74) is 2.24. The van der Waals surface area contributed by atoms with E-state index in [1.54, 1.807) is 48.5 Å². The zero-order valence-electron chi connectivity index (χ0n) is 39.6. The summed E-state index contributed by atoms with van der Waals surface area (Å²) in [6, 6.07) is 22.3. The zero-order valence-corrected chi connectivity index (χ0v) is 25.6. The summed E-state index contributed by atoms with van der Waals surface area (Å²) < 4.78 is 131. The molecule has 10 rings (SSSR count). The van der Waals surface area contributed by atoms with Crippen molar-refractivity contribution in [3.8, 4) is 44.5 Å². The van der Waals surface area contributed by atoms with E-state index in [9.17, 15) is 6.85 Å². The van der Waals surface area contributed by atoms with Gasteiger partial charge in [0.15, 0.2) is 0 Å². The molecule has 49 heavy (non-hydrogen) atoms. The van der Waals surface area contributed by atoms with E-state index in [0.717, 1.165) is 0 Å². The number of benzene rings is 9. The van der Waals surface area contributed by atoms with Gasteiger partial charge in [-0.3, -0.25) is 0 Å². The third-order valence-corrected chi connectivity index (χ3v) is 9.02. The Balaban J connectivity index is 1.34. The van der Waals surface area contributed by atoms with Gasteiger partial charge in [-0.1, -0.05) is 170 Å². The van der Waals surface area contributed by atoms with E-state index < -0.39 is 77.6 Å². The van der Waals surface area contributed by atoms with Crippen LogP contribution in [0.5, 0.6) is 0 Å². The van der Waals surface area contributed by atoms with Gasteiger partial charge in [0.2, 0.25) is 0 Å². The molecule has 0 atom stereocenters. The van der Waals surface area contributed by atoms with E-state index in [1.807, 2.05) is 48.5 Å². The normalized spacial score (nSPS) is 15.7. The smallest absolute Gasteiger partial charge is 0.143 e. The molecule has 1 aromatic heterocycles. The van der Waals surface area contributed by atoms with Crippen molar-refractivity contribution in [2.24, 2.45) is 0 Å². The molecule has 0 N–H and O–H groups in total. The molecule has 0 aliphatic heterocycles. The van der Waals surface area contributed by atoms with E-state index in [1.165, 1.54) is 0 Å². The molecule has 0 saturated heterocycles. The molecule has 228 valence electrons. The minimum absolute atomic E-state index is 0.00742. The number of fused-ring (bicyclic) bond motifs is 7. The maximum atomic E-state index is 9.86. The average molecular weight is 637 g/mol. The first-order valence-electron chi connectivity index (χ1n) is 22.7. The van der Waals surface area contributed by atoms with Crippen molar-refractivity contribution < 1.29 is 23.6 Å². The minimum atomic E-state index is -0.661. The van der Waals surface area contributed by atoms with E-state index in [4.69, 9.17) is 16.8 Å². The van der Waals surface area contributed by atoms with Crippen LogP contribution >= 0.6 is 0 Å². The van der Waals surface area contributed by atoms with E-state index in [0.29, 0.717) is 65.7 Å². The molecule has 0 fully saturated rings. The predicted molar refractivity (Wildman–Crippen MR) is 208 cm³/mol. The van der Waals surface area contributed by atoms with Crippen molar-refractivity contribution >= 4 is 54.3 Å². The van der Waals surface area contributed by atoms with Crippen molar-refractivity contribution in [1.29, 1.82) is 0 Å². The van der Waals surface area contributed by atoms with Gasteiger partial charge < -0.3 is 4.42 Å². The van der Waals surface area contributed by atoms with Gasteiger partial charge in [0.1, 0.15) is 11.2 Å². The second-order valence-corrected chi connectivity index (χ2v) is 11.7. The first-order chi connectivity index (χ1) is 30.2. The van der Waals surface area contributed by atoms with E-state index >= 15 is 0 Å². The van der Waals surface area contributed by atoms with Crippen molar-refractivity contribution in [1.82, 2.24) is 0 Å². The van der Waals surface area contributed by atoms with Crippen molar-refractivity contribution in [3.05, 3.63) is 182 Å². The standard InChI is InChI=1S/C48H30O/c1-3-14-31(15-4-1)32-26-28-34(29-27-32)45-36-19-8-10-21-38(36)46(39-22-11-9-20-37(39)45)41-24-13-25-44-47(41)43-30-42(33-16-5-2-6-17-33)35-18-7-12-23-40(35)48(43)49-44/h1-30H/i1D,3D,4D,7D,12D,14D,15D,18D,23D,26D,27D,28D,29D,30D. The monoisotopic (exact) mass is 636 g/mol. The summed E-state index contributed by atoms with van der Waals surface area (Å²) >= 11 is 0. The Labute approximate surface area is 304 Å². The van der Waals surface area contributed by atoms with Gasteiger partial charge >= 0.3 is 0 Å². The van der Waals surface area contributed by atoms with Gasteiger partial charge in [-0.2, -0.15) is 0 Å². The highest BCUT2D eigenvalue weighted by molar-refractivity contribution is 6.28. The number of rotatable bonds is 4. The molecule has 0 bridgehead atoms. The lowest BCUT2D eigenvalue weighted by molar-refractivity contribution is 0.673. The maximum Gasteiger partial charge on any atom is 0.143 e. The van der Waals surface area contributed by atoms with Crippen molar-refractivity contribution in [3.63, 3.8) is 0 Å². The fourth-order valence-electron chi connectivity index (χ4n) is 6.96. The Hall–Kier alpha value is -6.44. The topological polar surface area (TPSA) is 13.1 Å². The predicted octanol–water partition coefficient (Wildman–Crippen LogP) is 13.7. The lowest BCUT2D eigenvalue weighted by Gasteiger charge is -2.18. The Bertz CT molecular complexity index is 3560. The first-order valence-corrected chi connectivity index (χ1v) is 15.7. The summed E-state index contributed by atoms with van der Waals surface area (Å²) in [6.07, 6.45) is 0. The second-order valence-electron chi connectivity index (χ2n) is 11.7. The SMILES string of the molecule is [2H]c1c([2H])c([2H])c(-c2c([2H])c([2H])c(-c3c4ccccc4c(-c4cccc5oc6c7c([2H])c([2H])c([2H])c([2H])c7c(-c7ccccc7)c([2H])c6c45)c4ccccc34)c([2H])c2[2H])c([2H])c1[2H]. The third-order valence-electron chi connectivity index (χ3n) is 9.02. The summed E-state index contributed by atoms with van der Waals surface area (Å²) in [5, 5.41) is 3.60. The minimum Gasteiger partial charge on any atom is -0.455 e. The highest BCUT2D eigenvalue weighted by atomic mass is 16.3. The van der Waals surface area contributed by atoms with Crippen molar-refractivity contribution in [2.45, 2.75) is 0 Å². The zero-order chi connectivity index (χ0) is 44.5. The van der Waals surface area contributed by atoms with Crippen LogP contribution in [0, 0.1) is 0 Å². The fourth-order valence-corrected chi connectivity index (χ4v) is 6.96. The molecular weight excluding hydrogens is 593 g/mol. The molecule has 9 aromatic carbocycles. The summed E-state index contributed by atoms with van der Waals surface area (Å²) in [4.78, 5) is 0. The first kappa shape index (κ1) is 17.1. The van der Waals surface area contributed by atoms with Crippen LogP contribution in [-0.2, 0) is 0 Å². The summed E-state index contributed by atoms with van der Waals surface area (Å²) in [6.45, 7) is 0. The largest absolute Gasteiger partial charge is 0.455 e. The van der Waals surface area contributed by atoms with Crippen LogP contribution in [0.2, 0.25) is 0 Å². The summed E-state index contributed by atoms with van der Waals surface area (Å²) in [5.74, 6) is 0. The molecule has 0 saturated carbocycles. The van der Waals surface area contributed by atoms with Crippen LogP contribution in [0.4, 0.5) is 0 Å². The molecule has 1 nitrogen and oxygen atoms in total.